The molecule has 4 heterocycles. The van der Waals surface area contributed by atoms with Gasteiger partial charge in [-0.2, -0.15) is 5.10 Å². The number of fused-ring (bicyclic) bond motifs is 3. The molecule has 1 N–H and O–H groups in total. The van der Waals surface area contributed by atoms with E-state index in [0.29, 0.717) is 17.9 Å². The first-order valence-corrected chi connectivity index (χ1v) is 9.45. The first kappa shape index (κ1) is 17.4. The minimum Gasteiger partial charge on any atom is -0.465 e. The van der Waals surface area contributed by atoms with Crippen molar-refractivity contribution in [2.45, 2.75) is 19.9 Å². The van der Waals surface area contributed by atoms with Gasteiger partial charge in [0.2, 0.25) is 0 Å². The highest BCUT2D eigenvalue weighted by Gasteiger charge is 2.23. The highest BCUT2D eigenvalue weighted by atomic mass is 16.5. The molecule has 8 heteroatoms. The lowest BCUT2D eigenvalue weighted by Crippen LogP contribution is -2.31. The number of ether oxygens (including phenoxy) is 1. The fraction of sp³-hybridized carbons (Fsp3) is 0.238. The number of hydrogen-bond acceptors (Lipinski definition) is 6. The van der Waals surface area contributed by atoms with Crippen LogP contribution >= 0.6 is 0 Å². The molecule has 0 atom stereocenters. The molecule has 0 unspecified atom stereocenters. The van der Waals surface area contributed by atoms with Crippen molar-refractivity contribution in [1.29, 1.82) is 0 Å². The van der Waals surface area contributed by atoms with Crippen LogP contribution in [0.1, 0.15) is 27.3 Å². The highest BCUT2D eigenvalue weighted by molar-refractivity contribution is 5.96. The monoisotopic (exact) mass is 388 g/mol. The summed E-state index contributed by atoms with van der Waals surface area (Å²) in [7, 11) is 1.40. The summed E-state index contributed by atoms with van der Waals surface area (Å²) in [6, 6.07) is 11.4. The molecule has 5 rings (SSSR count). The summed E-state index contributed by atoms with van der Waals surface area (Å²) in [6.07, 6.45) is 2.75. The van der Waals surface area contributed by atoms with Gasteiger partial charge in [0.25, 0.3) is 0 Å². The second-order valence-electron chi connectivity index (χ2n) is 7.16. The molecule has 3 aromatic heterocycles. The van der Waals surface area contributed by atoms with Gasteiger partial charge in [0, 0.05) is 47.9 Å². The number of nitrogens with zero attached hydrogens (tertiary/aromatic N) is 5. The van der Waals surface area contributed by atoms with Gasteiger partial charge >= 0.3 is 5.97 Å². The van der Waals surface area contributed by atoms with Crippen molar-refractivity contribution < 1.29 is 9.53 Å². The number of aromatic nitrogens is 5. The maximum absolute atomic E-state index is 11.9. The van der Waals surface area contributed by atoms with E-state index in [1.54, 1.807) is 10.7 Å². The van der Waals surface area contributed by atoms with Gasteiger partial charge in [-0.1, -0.05) is 0 Å². The van der Waals surface area contributed by atoms with Gasteiger partial charge < -0.3 is 14.6 Å². The lowest BCUT2D eigenvalue weighted by molar-refractivity contribution is 0.0601. The Bertz CT molecular complexity index is 1210. The fourth-order valence-electron chi connectivity index (χ4n) is 3.81. The molecule has 1 aromatic carbocycles. The Hall–Kier alpha value is -3.68. The molecule has 0 spiro atoms. The number of aryl methyl sites for hydroxylation is 1. The van der Waals surface area contributed by atoms with Crippen molar-refractivity contribution >= 4 is 22.7 Å². The van der Waals surface area contributed by atoms with Crippen LogP contribution < -0.4 is 4.90 Å². The standard InChI is InChI=1S/C21H20N6O2/c1-13-7-10-27(25-13)20-6-5-19(23-24-20)26-9-8-18-16(12-26)15-11-14(21(28)29-2)3-4-17(15)22-18/h3-7,10-11,22H,8-9,12H2,1-2H3. The van der Waals surface area contributed by atoms with Crippen LogP contribution in [0.4, 0.5) is 5.82 Å². The van der Waals surface area contributed by atoms with Crippen molar-refractivity contribution in [2.75, 3.05) is 18.6 Å². The Morgan fingerprint density at radius 1 is 1.14 bits per heavy atom. The zero-order chi connectivity index (χ0) is 20.0. The molecule has 29 heavy (non-hydrogen) atoms. The topological polar surface area (TPSA) is 88.9 Å². The smallest absolute Gasteiger partial charge is 0.337 e. The number of methoxy groups -OCH3 is 1. The van der Waals surface area contributed by atoms with Crippen LogP contribution in [0.5, 0.6) is 0 Å². The fourth-order valence-corrected chi connectivity index (χ4v) is 3.81. The van der Waals surface area contributed by atoms with Gasteiger partial charge in [0.15, 0.2) is 11.6 Å². The van der Waals surface area contributed by atoms with E-state index in [1.165, 1.54) is 18.4 Å². The normalized spacial score (nSPS) is 13.5. The zero-order valence-electron chi connectivity index (χ0n) is 16.2. The van der Waals surface area contributed by atoms with E-state index in [-0.39, 0.29) is 5.97 Å². The number of esters is 1. The number of carbonyl (C=O) groups is 1. The first-order valence-electron chi connectivity index (χ1n) is 9.45. The molecule has 0 radical (unpaired) electrons. The molecular weight excluding hydrogens is 368 g/mol. The number of nitrogens with one attached hydrogen (secondary N) is 1. The molecular formula is C21H20N6O2. The number of rotatable bonds is 3. The molecule has 0 fully saturated rings. The molecule has 0 saturated heterocycles. The molecule has 1 aliphatic rings. The van der Waals surface area contributed by atoms with E-state index in [9.17, 15) is 4.79 Å². The summed E-state index contributed by atoms with van der Waals surface area (Å²) in [4.78, 5) is 17.6. The van der Waals surface area contributed by atoms with Crippen molar-refractivity contribution in [3.63, 3.8) is 0 Å². The van der Waals surface area contributed by atoms with E-state index in [0.717, 1.165) is 35.4 Å². The number of anilines is 1. The minimum absolute atomic E-state index is 0.329. The molecule has 0 amide bonds. The Morgan fingerprint density at radius 3 is 2.69 bits per heavy atom. The van der Waals surface area contributed by atoms with Gasteiger partial charge in [0.1, 0.15) is 0 Å². The van der Waals surface area contributed by atoms with Crippen LogP contribution in [-0.2, 0) is 17.7 Å². The summed E-state index contributed by atoms with van der Waals surface area (Å²) in [5.41, 5.74) is 4.91. The van der Waals surface area contributed by atoms with E-state index in [4.69, 9.17) is 4.74 Å². The molecule has 0 aliphatic carbocycles. The maximum Gasteiger partial charge on any atom is 0.337 e. The molecule has 0 saturated carbocycles. The average Bonchev–Trinajstić information content (AvgIpc) is 3.35. The Labute approximate surface area is 167 Å². The van der Waals surface area contributed by atoms with Crippen LogP contribution in [0.3, 0.4) is 0 Å². The van der Waals surface area contributed by atoms with E-state index in [1.807, 2.05) is 43.5 Å². The lowest BCUT2D eigenvalue weighted by atomic mass is 10.0. The Kier molecular flexibility index (Phi) is 4.04. The number of carbonyl (C=O) groups excluding carboxylic acids is 1. The second-order valence-corrected chi connectivity index (χ2v) is 7.16. The first-order chi connectivity index (χ1) is 14.1. The molecule has 146 valence electrons. The number of aromatic amines is 1. The average molecular weight is 388 g/mol. The van der Waals surface area contributed by atoms with Crippen LogP contribution in [0.2, 0.25) is 0 Å². The summed E-state index contributed by atoms with van der Waals surface area (Å²) in [5.74, 6) is 1.18. The third-order valence-corrected chi connectivity index (χ3v) is 5.31. The van der Waals surface area contributed by atoms with E-state index >= 15 is 0 Å². The van der Waals surface area contributed by atoms with Crippen molar-refractivity contribution in [3.8, 4) is 5.82 Å². The molecule has 1 aliphatic heterocycles. The molecule has 8 nitrogen and oxygen atoms in total. The SMILES string of the molecule is COC(=O)c1ccc2[nH]c3c(c2c1)CN(c1ccc(-n2ccc(C)n2)nn1)CC3. The summed E-state index contributed by atoms with van der Waals surface area (Å²) in [6.45, 7) is 3.49. The van der Waals surface area contributed by atoms with Crippen LogP contribution in [0, 0.1) is 6.92 Å². The van der Waals surface area contributed by atoms with Gasteiger partial charge in [0.05, 0.1) is 18.4 Å². The molecule has 4 aromatic rings. The summed E-state index contributed by atoms with van der Waals surface area (Å²) < 4.78 is 6.58. The van der Waals surface area contributed by atoms with Gasteiger partial charge in [-0.05, 0) is 43.3 Å². The maximum atomic E-state index is 11.9. The van der Waals surface area contributed by atoms with Crippen molar-refractivity contribution in [1.82, 2.24) is 25.0 Å². The highest BCUT2D eigenvalue weighted by Crippen LogP contribution is 2.30. The number of H-pyrrole nitrogens is 1. The number of benzene rings is 1. The summed E-state index contributed by atoms with van der Waals surface area (Å²) >= 11 is 0. The Balaban J connectivity index is 1.44. The predicted molar refractivity (Wildman–Crippen MR) is 108 cm³/mol. The lowest BCUT2D eigenvalue weighted by Gasteiger charge is -2.27. The van der Waals surface area contributed by atoms with Crippen LogP contribution in [0.15, 0.2) is 42.6 Å². The molecule has 0 bridgehead atoms. The van der Waals surface area contributed by atoms with Gasteiger partial charge in [-0.15, -0.1) is 10.2 Å². The third kappa shape index (κ3) is 3.02. The van der Waals surface area contributed by atoms with Crippen LogP contribution in [-0.4, -0.2) is 44.6 Å². The van der Waals surface area contributed by atoms with Gasteiger partial charge in [-0.3, -0.25) is 0 Å². The van der Waals surface area contributed by atoms with E-state index < -0.39 is 0 Å². The Morgan fingerprint density at radius 2 is 1.97 bits per heavy atom. The third-order valence-electron chi connectivity index (χ3n) is 5.31. The second kappa shape index (κ2) is 6.73. The summed E-state index contributed by atoms with van der Waals surface area (Å²) in [5, 5.41) is 14.2. The minimum atomic E-state index is -0.329. The predicted octanol–water partition coefficient (Wildman–Crippen LogP) is 2.80. The largest absolute Gasteiger partial charge is 0.465 e. The number of hydrogen-bond donors (Lipinski definition) is 1. The van der Waals surface area contributed by atoms with Crippen molar-refractivity contribution in [2.24, 2.45) is 0 Å². The quantitative estimate of drug-likeness (QED) is 0.543. The van der Waals surface area contributed by atoms with Crippen molar-refractivity contribution in [3.05, 3.63) is 65.1 Å². The van der Waals surface area contributed by atoms with Gasteiger partial charge in [-0.25, -0.2) is 9.48 Å². The van der Waals surface area contributed by atoms with E-state index in [2.05, 4.69) is 25.2 Å². The zero-order valence-corrected chi connectivity index (χ0v) is 16.2. The van der Waals surface area contributed by atoms with Crippen LogP contribution in [0.25, 0.3) is 16.7 Å².